The quantitative estimate of drug-likeness (QED) is 0.246. The van der Waals surface area contributed by atoms with Gasteiger partial charge >= 0.3 is 0 Å². The molecule has 6 atom stereocenters. The van der Waals surface area contributed by atoms with Crippen LogP contribution in [-0.2, 0) is 19.2 Å². The number of methoxy groups -OCH3 is 2. The minimum atomic E-state index is -1.29. The van der Waals surface area contributed by atoms with Gasteiger partial charge < -0.3 is 14.6 Å². The lowest BCUT2D eigenvalue weighted by atomic mass is 9.52. The summed E-state index contributed by atoms with van der Waals surface area (Å²) < 4.78 is 24.8. The highest BCUT2D eigenvalue weighted by Gasteiger charge is 2.67. The summed E-state index contributed by atoms with van der Waals surface area (Å²) in [6.07, 6.45) is 6.02. The number of hydrogen-bond acceptors (Lipinski definition) is 7. The number of amides is 4. The molecule has 1 N–H and O–H groups in total. The number of hydrogen-bond donors (Lipinski definition) is 1. The van der Waals surface area contributed by atoms with E-state index in [1.807, 2.05) is 18.2 Å². The predicted octanol–water partition coefficient (Wildman–Crippen LogP) is 6.18. The lowest BCUT2D eigenvalue weighted by Gasteiger charge is -2.47. The molecule has 48 heavy (non-hydrogen) atoms. The number of benzene rings is 3. The first-order valence-corrected chi connectivity index (χ1v) is 16.0. The number of halogens is 2. The van der Waals surface area contributed by atoms with Crippen LogP contribution in [0.3, 0.4) is 0 Å². The van der Waals surface area contributed by atoms with Crippen molar-refractivity contribution in [3.63, 3.8) is 0 Å². The van der Waals surface area contributed by atoms with E-state index in [-0.39, 0.29) is 46.2 Å². The summed E-state index contributed by atoms with van der Waals surface area (Å²) >= 11 is 6.08. The number of imide groups is 2. The van der Waals surface area contributed by atoms with Crippen LogP contribution >= 0.6 is 11.6 Å². The monoisotopic (exact) mass is 670 g/mol. The Balaban J connectivity index is 1.35. The third-order valence-electron chi connectivity index (χ3n) is 10.5. The Bertz CT molecular complexity index is 1920. The van der Waals surface area contributed by atoms with Gasteiger partial charge in [-0.1, -0.05) is 53.6 Å². The number of phenols is 1. The molecule has 0 bridgehead atoms. The van der Waals surface area contributed by atoms with Crippen LogP contribution in [0.1, 0.15) is 25.3 Å². The zero-order chi connectivity index (χ0) is 34.1. The van der Waals surface area contributed by atoms with E-state index >= 15 is 0 Å². The van der Waals surface area contributed by atoms with E-state index in [9.17, 15) is 28.7 Å². The molecule has 2 aliphatic carbocycles. The van der Waals surface area contributed by atoms with Gasteiger partial charge in [-0.2, -0.15) is 0 Å². The average Bonchev–Trinajstić information content (AvgIpc) is 3.45. The second-order valence-corrected chi connectivity index (χ2v) is 13.2. The topological polar surface area (TPSA) is 113 Å². The number of carbonyl (C=O) groups is 4. The maximum atomic E-state index is 14.5. The van der Waals surface area contributed by atoms with E-state index in [4.69, 9.17) is 21.1 Å². The van der Waals surface area contributed by atoms with Gasteiger partial charge in [-0.05, 0) is 73.7 Å². The first-order chi connectivity index (χ1) is 23.0. The summed E-state index contributed by atoms with van der Waals surface area (Å²) in [5, 5.41) is 10.2. The van der Waals surface area contributed by atoms with Gasteiger partial charge in [-0.15, -0.1) is 0 Å². The Morgan fingerprint density at radius 3 is 2.23 bits per heavy atom. The maximum absolute atomic E-state index is 14.5. The van der Waals surface area contributed by atoms with E-state index in [1.165, 1.54) is 31.3 Å². The van der Waals surface area contributed by atoms with Crippen molar-refractivity contribution >= 4 is 52.7 Å². The highest BCUT2D eigenvalue weighted by Crippen LogP contribution is 2.61. The minimum Gasteiger partial charge on any atom is -0.502 e. The van der Waals surface area contributed by atoms with Crippen LogP contribution in [0.25, 0.3) is 6.08 Å². The Kier molecular flexibility index (Phi) is 7.66. The molecule has 7 rings (SSSR count). The molecule has 3 fully saturated rings. The maximum Gasteiger partial charge on any atom is 0.241 e. The number of allylic oxidation sites excluding steroid dienone is 3. The fourth-order valence-corrected chi connectivity index (χ4v) is 8.31. The number of aromatic hydroxyl groups is 1. The third-order valence-corrected chi connectivity index (χ3v) is 10.8. The molecule has 2 heterocycles. The molecule has 3 aromatic carbocycles. The van der Waals surface area contributed by atoms with Crippen molar-refractivity contribution < 1.29 is 38.1 Å². The number of nitrogens with zero attached hydrogens (tertiary/aromatic N) is 2. The summed E-state index contributed by atoms with van der Waals surface area (Å²) in [5.74, 6) is -5.40. The van der Waals surface area contributed by atoms with E-state index < -0.39 is 52.6 Å². The van der Waals surface area contributed by atoms with Gasteiger partial charge in [0.15, 0.2) is 11.5 Å². The van der Waals surface area contributed by atoms with Crippen molar-refractivity contribution in [3.8, 4) is 17.2 Å². The molecule has 4 aliphatic rings. The van der Waals surface area contributed by atoms with E-state index in [1.54, 1.807) is 49.4 Å². The van der Waals surface area contributed by atoms with Crippen LogP contribution < -0.4 is 19.3 Å². The molecule has 0 radical (unpaired) electrons. The molecule has 0 unspecified atom stereocenters. The predicted molar refractivity (Wildman–Crippen MR) is 176 cm³/mol. The van der Waals surface area contributed by atoms with Crippen LogP contribution in [0, 0.1) is 40.8 Å². The summed E-state index contributed by atoms with van der Waals surface area (Å²) in [6, 6.07) is 15.7. The highest BCUT2D eigenvalue weighted by molar-refractivity contribution is 6.31. The molecule has 0 aromatic heterocycles. The second-order valence-electron chi connectivity index (χ2n) is 12.8. The third kappa shape index (κ3) is 4.57. The van der Waals surface area contributed by atoms with Gasteiger partial charge in [0.2, 0.25) is 29.4 Å². The second kappa shape index (κ2) is 11.6. The Hall–Kier alpha value is -4.96. The standard InChI is InChI=1S/C37H32ClFN2O7/c1-37-25(13-9-19-15-29(47-2)32(42)30(16-19)48-3)22-11-12-23-31(35(45)40(33(23)43)20-7-5-4-6-8-20)24(22)18-26(37)34(44)41(36(37)46)21-10-14-28(39)27(38)17-21/h4-11,13-17,23-26,31,42H,12,18H2,1-3H3/t23-,24+,25-,26-,31-,37-/m0/s1. The van der Waals surface area contributed by atoms with Crippen molar-refractivity contribution in [2.24, 2.45) is 35.0 Å². The van der Waals surface area contributed by atoms with Crippen molar-refractivity contribution in [2.75, 3.05) is 24.0 Å². The van der Waals surface area contributed by atoms with Gasteiger partial charge in [0.25, 0.3) is 0 Å². The Morgan fingerprint density at radius 1 is 0.896 bits per heavy atom. The molecular weight excluding hydrogens is 639 g/mol. The largest absolute Gasteiger partial charge is 0.502 e. The fourth-order valence-electron chi connectivity index (χ4n) is 8.14. The Labute approximate surface area is 281 Å². The zero-order valence-electron chi connectivity index (χ0n) is 26.4. The number of rotatable bonds is 6. The van der Waals surface area contributed by atoms with Crippen LogP contribution in [0.5, 0.6) is 17.2 Å². The van der Waals surface area contributed by atoms with Gasteiger partial charge in [0.05, 0.1) is 53.8 Å². The van der Waals surface area contributed by atoms with Gasteiger partial charge in [-0.25, -0.2) is 9.29 Å². The lowest BCUT2D eigenvalue weighted by Crippen LogP contribution is -2.49. The summed E-state index contributed by atoms with van der Waals surface area (Å²) in [4.78, 5) is 58.9. The SMILES string of the molecule is COc1cc(C=C[C@H]2C3=CC[C@@H]4C(=O)N(c5ccccc5)C(=O)[C@@H]4[C@@H]3C[C@H]3C(=O)N(c4ccc(F)c(Cl)c4)C(=O)[C@@]23C)cc(OC)c1O. The molecular formula is C37H32ClFN2O7. The van der Waals surface area contributed by atoms with E-state index in [2.05, 4.69) is 0 Å². The first-order valence-electron chi connectivity index (χ1n) is 15.6. The van der Waals surface area contributed by atoms with Crippen molar-refractivity contribution in [1.29, 1.82) is 0 Å². The van der Waals surface area contributed by atoms with Crippen LogP contribution in [0.4, 0.5) is 15.8 Å². The molecule has 4 amide bonds. The number of ether oxygens (including phenoxy) is 2. The number of phenolic OH excluding ortho intramolecular Hbond substituents is 1. The van der Waals surface area contributed by atoms with Gasteiger partial charge in [0, 0.05) is 5.92 Å². The van der Waals surface area contributed by atoms with Crippen LogP contribution in [-0.4, -0.2) is 43.0 Å². The van der Waals surface area contributed by atoms with Crippen LogP contribution in [0.2, 0.25) is 5.02 Å². The fraction of sp³-hybridized carbons (Fsp3) is 0.297. The number of anilines is 2. The van der Waals surface area contributed by atoms with Crippen molar-refractivity contribution in [2.45, 2.75) is 19.8 Å². The highest BCUT2D eigenvalue weighted by atomic mass is 35.5. The molecule has 246 valence electrons. The summed E-state index contributed by atoms with van der Waals surface area (Å²) in [5.41, 5.74) is 0.751. The minimum absolute atomic E-state index is 0.153. The number of para-hydroxylation sites is 1. The zero-order valence-corrected chi connectivity index (χ0v) is 27.1. The van der Waals surface area contributed by atoms with Gasteiger partial charge in [-0.3, -0.25) is 24.1 Å². The molecule has 2 aliphatic heterocycles. The van der Waals surface area contributed by atoms with E-state index in [0.29, 0.717) is 17.7 Å². The molecule has 2 saturated heterocycles. The first kappa shape index (κ1) is 31.6. The molecule has 0 spiro atoms. The molecule has 11 heteroatoms. The molecule has 9 nitrogen and oxygen atoms in total. The number of fused-ring (bicyclic) bond motifs is 4. The number of carbonyl (C=O) groups excluding carboxylic acids is 4. The summed E-state index contributed by atoms with van der Waals surface area (Å²) in [6.45, 7) is 1.75. The summed E-state index contributed by atoms with van der Waals surface area (Å²) in [7, 11) is 2.83. The van der Waals surface area contributed by atoms with Crippen LogP contribution in [0.15, 0.2) is 78.4 Å². The Morgan fingerprint density at radius 2 is 1.58 bits per heavy atom. The van der Waals surface area contributed by atoms with Gasteiger partial charge in [0.1, 0.15) is 5.82 Å². The molecule has 3 aromatic rings. The normalized spacial score (nSPS) is 28.0. The molecule has 1 saturated carbocycles. The van der Waals surface area contributed by atoms with Crippen molar-refractivity contribution in [1.82, 2.24) is 0 Å². The van der Waals surface area contributed by atoms with E-state index in [0.717, 1.165) is 16.5 Å². The lowest BCUT2D eigenvalue weighted by molar-refractivity contribution is -0.132. The smallest absolute Gasteiger partial charge is 0.241 e. The van der Waals surface area contributed by atoms with Crippen molar-refractivity contribution in [3.05, 3.63) is 94.8 Å². The average molecular weight is 671 g/mol.